The van der Waals surface area contributed by atoms with Crippen molar-refractivity contribution in [2.24, 2.45) is 0 Å². The van der Waals surface area contributed by atoms with Gasteiger partial charge in [0, 0.05) is 44.7 Å². The van der Waals surface area contributed by atoms with Crippen molar-refractivity contribution in [2.75, 3.05) is 26.2 Å². The van der Waals surface area contributed by atoms with E-state index in [1.54, 1.807) is 4.90 Å². The molecule has 0 unspecified atom stereocenters. The first-order chi connectivity index (χ1) is 12.5. The van der Waals surface area contributed by atoms with E-state index in [-0.39, 0.29) is 18.4 Å². The summed E-state index contributed by atoms with van der Waals surface area (Å²) in [7, 11) is 0. The Morgan fingerprint density at radius 2 is 1.85 bits per heavy atom. The molecular weight excluding hydrogens is 336 g/mol. The van der Waals surface area contributed by atoms with Gasteiger partial charge in [0.25, 0.3) is 0 Å². The van der Waals surface area contributed by atoms with Crippen LogP contribution >= 0.6 is 0 Å². The molecule has 1 saturated heterocycles. The number of hydrogen-bond donors (Lipinski definition) is 1. The molecule has 26 heavy (non-hydrogen) atoms. The van der Waals surface area contributed by atoms with E-state index in [4.69, 9.17) is 0 Å². The Kier molecular flexibility index (Phi) is 5.59. The highest BCUT2D eigenvalue weighted by molar-refractivity contribution is 5.77. The average molecular weight is 360 g/mol. The molecule has 0 atom stereocenters. The van der Waals surface area contributed by atoms with Gasteiger partial charge in [-0.05, 0) is 36.3 Å². The first-order valence-corrected chi connectivity index (χ1v) is 8.81. The second-order valence-electron chi connectivity index (χ2n) is 6.54. The summed E-state index contributed by atoms with van der Waals surface area (Å²) in [6.45, 7) is 6.52. The minimum absolute atomic E-state index is 0.0331. The summed E-state index contributed by atoms with van der Waals surface area (Å²) in [5.74, 6) is 0.0778. The number of nitrogens with one attached hydrogen (secondary N) is 1. The highest BCUT2D eigenvalue weighted by Gasteiger charge is 2.22. The average Bonchev–Trinajstić information content (AvgIpc) is 3.15. The summed E-state index contributed by atoms with van der Waals surface area (Å²) >= 11 is 0. The molecule has 2 aromatic heterocycles. The molecule has 0 bridgehead atoms. The van der Waals surface area contributed by atoms with E-state index in [1.807, 2.05) is 18.7 Å². The lowest BCUT2D eigenvalue weighted by Crippen LogP contribution is -2.38. The van der Waals surface area contributed by atoms with Crippen molar-refractivity contribution < 1.29 is 9.59 Å². The minimum atomic E-state index is -0.0331. The monoisotopic (exact) mass is 360 g/mol. The van der Waals surface area contributed by atoms with E-state index < -0.39 is 0 Å². The zero-order valence-electron chi connectivity index (χ0n) is 15.2. The van der Waals surface area contributed by atoms with Gasteiger partial charge in [-0.1, -0.05) is 0 Å². The summed E-state index contributed by atoms with van der Waals surface area (Å²) in [6.07, 6.45) is 3.26. The first kappa shape index (κ1) is 18.0. The number of aromatic amines is 1. The van der Waals surface area contributed by atoms with Crippen molar-refractivity contribution in [3.8, 4) is 0 Å². The van der Waals surface area contributed by atoms with Gasteiger partial charge in [-0.3, -0.25) is 14.7 Å². The molecule has 140 valence electrons. The zero-order valence-corrected chi connectivity index (χ0v) is 15.2. The molecule has 0 saturated carbocycles. The van der Waals surface area contributed by atoms with Crippen LogP contribution in [0.1, 0.15) is 29.8 Å². The molecule has 1 aliphatic rings. The highest BCUT2D eigenvalue weighted by Crippen LogP contribution is 2.12. The first-order valence-electron chi connectivity index (χ1n) is 8.81. The van der Waals surface area contributed by atoms with E-state index in [1.165, 1.54) is 11.0 Å². The highest BCUT2D eigenvalue weighted by atomic mass is 16.2. The summed E-state index contributed by atoms with van der Waals surface area (Å²) in [6, 6.07) is 0. The molecule has 2 amide bonds. The van der Waals surface area contributed by atoms with Crippen LogP contribution in [0.2, 0.25) is 0 Å². The maximum Gasteiger partial charge on any atom is 0.244 e. The van der Waals surface area contributed by atoms with Crippen molar-refractivity contribution in [1.82, 2.24) is 40.2 Å². The number of aryl methyl sites for hydroxylation is 2. The summed E-state index contributed by atoms with van der Waals surface area (Å²) in [5.41, 5.74) is 3.11. The molecule has 0 aromatic carbocycles. The van der Waals surface area contributed by atoms with Crippen molar-refractivity contribution in [2.45, 2.75) is 39.7 Å². The maximum atomic E-state index is 12.5. The van der Waals surface area contributed by atoms with Gasteiger partial charge in [-0.15, -0.1) is 5.10 Å². The Morgan fingerprint density at radius 1 is 1.12 bits per heavy atom. The van der Waals surface area contributed by atoms with Crippen LogP contribution in [0.3, 0.4) is 0 Å². The second-order valence-corrected chi connectivity index (χ2v) is 6.54. The van der Waals surface area contributed by atoms with Gasteiger partial charge >= 0.3 is 0 Å². The quantitative estimate of drug-likeness (QED) is 0.784. The Balaban J connectivity index is 1.49. The van der Waals surface area contributed by atoms with Crippen LogP contribution in [-0.2, 0) is 22.6 Å². The number of carbonyl (C=O) groups is 2. The molecule has 1 N–H and O–H groups in total. The Labute approximate surface area is 151 Å². The molecule has 0 aliphatic carbocycles. The predicted molar refractivity (Wildman–Crippen MR) is 92.0 cm³/mol. The molecule has 2 aromatic rings. The van der Waals surface area contributed by atoms with Crippen LogP contribution in [0.25, 0.3) is 0 Å². The van der Waals surface area contributed by atoms with Gasteiger partial charge < -0.3 is 9.80 Å². The maximum absolute atomic E-state index is 12.5. The lowest BCUT2D eigenvalue weighted by Gasteiger charge is -2.22. The van der Waals surface area contributed by atoms with Crippen molar-refractivity contribution >= 4 is 11.8 Å². The fourth-order valence-corrected chi connectivity index (χ4v) is 3.07. The van der Waals surface area contributed by atoms with E-state index in [9.17, 15) is 9.59 Å². The minimum Gasteiger partial charge on any atom is -0.341 e. The Bertz CT molecular complexity index is 754. The smallest absolute Gasteiger partial charge is 0.244 e. The van der Waals surface area contributed by atoms with Crippen molar-refractivity contribution in [1.29, 1.82) is 0 Å². The van der Waals surface area contributed by atoms with E-state index in [0.717, 1.165) is 23.4 Å². The van der Waals surface area contributed by atoms with Crippen LogP contribution in [0.15, 0.2) is 6.33 Å². The lowest BCUT2D eigenvalue weighted by molar-refractivity contribution is -0.134. The van der Waals surface area contributed by atoms with E-state index in [2.05, 4.69) is 25.7 Å². The molecule has 0 radical (unpaired) electrons. The predicted octanol–water partition coefficient (Wildman–Crippen LogP) is -0.293. The number of amides is 2. The van der Waals surface area contributed by atoms with Gasteiger partial charge in [0.2, 0.25) is 11.8 Å². The molecular formula is C16H24N8O2. The number of hydrogen-bond acceptors (Lipinski definition) is 6. The van der Waals surface area contributed by atoms with Crippen LogP contribution < -0.4 is 0 Å². The van der Waals surface area contributed by atoms with Crippen LogP contribution in [0.4, 0.5) is 0 Å². The standard InChI is InChI=1S/C16H24N8O2/c1-12-13(2)18-19-14(12)4-5-15(25)22-6-3-7-23(9-8-22)16(26)10-24-11-17-20-21-24/h11H,3-10H2,1-2H3,(H,18,19). The third kappa shape index (κ3) is 4.24. The fourth-order valence-electron chi connectivity index (χ4n) is 3.07. The summed E-state index contributed by atoms with van der Waals surface area (Å²) in [4.78, 5) is 28.5. The van der Waals surface area contributed by atoms with Crippen molar-refractivity contribution in [3.05, 3.63) is 23.3 Å². The van der Waals surface area contributed by atoms with Gasteiger partial charge in [-0.25, -0.2) is 4.68 Å². The fraction of sp³-hybridized carbons (Fsp3) is 0.625. The number of rotatable bonds is 5. The van der Waals surface area contributed by atoms with E-state index >= 15 is 0 Å². The second kappa shape index (κ2) is 8.07. The Hall–Kier alpha value is -2.78. The molecule has 0 spiro atoms. The summed E-state index contributed by atoms with van der Waals surface area (Å²) in [5, 5.41) is 18.0. The van der Waals surface area contributed by atoms with Gasteiger partial charge in [0.05, 0.1) is 5.69 Å². The molecule has 10 heteroatoms. The topological polar surface area (TPSA) is 113 Å². The molecule has 1 aliphatic heterocycles. The van der Waals surface area contributed by atoms with E-state index in [0.29, 0.717) is 39.0 Å². The normalized spacial score (nSPS) is 15.2. The molecule has 10 nitrogen and oxygen atoms in total. The molecule has 1 fully saturated rings. The third-order valence-electron chi connectivity index (χ3n) is 4.82. The molecule has 3 heterocycles. The molecule has 3 rings (SSSR count). The number of H-pyrrole nitrogens is 1. The van der Waals surface area contributed by atoms with Gasteiger partial charge in [0.15, 0.2) is 0 Å². The van der Waals surface area contributed by atoms with Gasteiger partial charge in [-0.2, -0.15) is 5.10 Å². The van der Waals surface area contributed by atoms with Crippen molar-refractivity contribution in [3.63, 3.8) is 0 Å². The summed E-state index contributed by atoms with van der Waals surface area (Å²) < 4.78 is 1.41. The largest absolute Gasteiger partial charge is 0.341 e. The third-order valence-corrected chi connectivity index (χ3v) is 4.82. The van der Waals surface area contributed by atoms with Crippen LogP contribution in [0, 0.1) is 13.8 Å². The van der Waals surface area contributed by atoms with Gasteiger partial charge in [0.1, 0.15) is 12.9 Å². The lowest BCUT2D eigenvalue weighted by atomic mass is 10.1. The zero-order chi connectivity index (χ0) is 18.5. The van der Waals surface area contributed by atoms with Crippen LogP contribution in [0.5, 0.6) is 0 Å². The number of tetrazole rings is 1. The number of carbonyl (C=O) groups excluding carboxylic acids is 2. The Morgan fingerprint density at radius 3 is 2.46 bits per heavy atom. The number of nitrogens with zero attached hydrogens (tertiary/aromatic N) is 7. The van der Waals surface area contributed by atoms with Crippen LogP contribution in [-0.4, -0.2) is 78.2 Å². The number of aromatic nitrogens is 6. The SMILES string of the molecule is Cc1[nH]nc(CCC(=O)N2CCCN(C(=O)Cn3cnnn3)CC2)c1C.